The molecule has 0 saturated carbocycles. The number of carbonyl (C=O) groups is 7. The maximum Gasteiger partial charge on any atom is 0.408 e. The molecule has 0 radical (unpaired) electrons. The Balaban J connectivity index is 5.62. The van der Waals surface area contributed by atoms with E-state index in [1.807, 2.05) is 0 Å². The number of carbonyl (C=O) groups excluding carboxylic acids is 7. The van der Waals surface area contributed by atoms with Gasteiger partial charge in [0.2, 0.25) is 17.7 Å². The summed E-state index contributed by atoms with van der Waals surface area (Å²) in [5, 5.41) is 18.9. The van der Waals surface area contributed by atoms with E-state index in [0.717, 1.165) is 0 Å². The molecule has 0 heterocycles. The predicted molar refractivity (Wildman–Crippen MR) is 248 cm³/mol. The van der Waals surface area contributed by atoms with E-state index < -0.39 is 46.7 Å². The van der Waals surface area contributed by atoms with Gasteiger partial charge in [0.25, 0.3) is 0 Å². The van der Waals surface area contributed by atoms with Crippen molar-refractivity contribution in [3.63, 3.8) is 0 Å². The van der Waals surface area contributed by atoms with E-state index in [-0.39, 0.29) is 123 Å². The largest absolute Gasteiger partial charge is 0.445 e. The molecule has 0 aromatic rings. The van der Waals surface area contributed by atoms with Crippen molar-refractivity contribution < 1.29 is 66.7 Å². The molecule has 0 aliphatic heterocycles. The van der Waals surface area contributed by atoms with Crippen molar-refractivity contribution in [2.75, 3.05) is 85.5 Å². The standard InChI is InChI=1S/C45H79N7O14/c1-12-17-34(13-2)30-63-41(59)52-45(31-60-27-18-35(53)46-21-14-24-49-38(56)64-42(3,4)5,32-61-28-19-36(54)47-22-15-25-50-39(57)65-43(6,7)8)33-62-29-20-37(55)48-23-16-26-51-40(58)66-44(9,10)11/h12-13,17H,1-2,14-16,18-33H2,3-11H3,(H,46,53)(H,47,54)(H,48,55)(H,49,56)(H,50,57)(H,51,58)(H,52,59). The van der Waals surface area contributed by atoms with Crippen LogP contribution < -0.4 is 37.2 Å². The van der Waals surface area contributed by atoms with E-state index in [9.17, 15) is 33.6 Å². The molecule has 7 N–H and O–H groups in total. The molecule has 66 heavy (non-hydrogen) atoms. The monoisotopic (exact) mass is 942 g/mol. The first-order valence-electron chi connectivity index (χ1n) is 22.2. The summed E-state index contributed by atoms with van der Waals surface area (Å²) in [6.07, 6.45) is 3.35. The molecule has 0 atom stereocenters. The maximum atomic E-state index is 13.3. The topological polar surface area (TPSA) is 268 Å². The summed E-state index contributed by atoms with van der Waals surface area (Å²) >= 11 is 0. The number of ether oxygens (including phenoxy) is 7. The highest BCUT2D eigenvalue weighted by Crippen LogP contribution is 2.13. The second kappa shape index (κ2) is 33.1. The van der Waals surface area contributed by atoms with Crippen LogP contribution in [0.2, 0.25) is 0 Å². The Labute approximate surface area is 391 Å². The third-order valence-electron chi connectivity index (χ3n) is 7.92. The van der Waals surface area contributed by atoms with Crippen molar-refractivity contribution in [3.8, 4) is 0 Å². The summed E-state index contributed by atoms with van der Waals surface area (Å²) in [6, 6.07) is 0. The van der Waals surface area contributed by atoms with Crippen LogP contribution in [0.25, 0.3) is 0 Å². The Morgan fingerprint density at radius 3 is 1.08 bits per heavy atom. The second-order valence-electron chi connectivity index (χ2n) is 18.0. The van der Waals surface area contributed by atoms with Gasteiger partial charge in [0, 0.05) is 58.5 Å². The summed E-state index contributed by atoms with van der Waals surface area (Å²) in [5.74, 6) is -0.953. The van der Waals surface area contributed by atoms with E-state index in [0.29, 0.717) is 24.8 Å². The van der Waals surface area contributed by atoms with Gasteiger partial charge in [0.15, 0.2) is 0 Å². The van der Waals surface area contributed by atoms with Crippen molar-refractivity contribution in [3.05, 3.63) is 37.0 Å². The van der Waals surface area contributed by atoms with Crippen LogP contribution in [0.1, 0.15) is 101 Å². The van der Waals surface area contributed by atoms with Crippen LogP contribution in [0.3, 0.4) is 0 Å². The van der Waals surface area contributed by atoms with Crippen LogP contribution in [-0.4, -0.2) is 150 Å². The molecule has 0 aliphatic carbocycles. The zero-order valence-corrected chi connectivity index (χ0v) is 40.8. The highest BCUT2D eigenvalue weighted by Gasteiger charge is 2.35. The van der Waals surface area contributed by atoms with E-state index in [2.05, 4.69) is 50.4 Å². The number of alkyl carbamates (subject to hydrolysis) is 4. The van der Waals surface area contributed by atoms with Gasteiger partial charge in [0.1, 0.15) is 28.9 Å². The molecule has 0 spiro atoms. The lowest BCUT2D eigenvalue weighted by atomic mass is 10.0. The van der Waals surface area contributed by atoms with E-state index in [1.165, 1.54) is 12.2 Å². The molecule has 7 amide bonds. The van der Waals surface area contributed by atoms with Crippen LogP contribution in [-0.2, 0) is 47.5 Å². The lowest BCUT2D eigenvalue weighted by Crippen LogP contribution is -2.59. The highest BCUT2D eigenvalue weighted by atomic mass is 16.6. The minimum Gasteiger partial charge on any atom is -0.445 e. The predicted octanol–water partition coefficient (Wildman–Crippen LogP) is 4.06. The van der Waals surface area contributed by atoms with Crippen LogP contribution in [0.5, 0.6) is 0 Å². The van der Waals surface area contributed by atoms with Gasteiger partial charge in [-0.05, 0) is 87.1 Å². The number of hydrogen-bond acceptors (Lipinski definition) is 14. The van der Waals surface area contributed by atoms with Gasteiger partial charge >= 0.3 is 24.4 Å². The maximum absolute atomic E-state index is 13.3. The van der Waals surface area contributed by atoms with Crippen molar-refractivity contribution >= 4 is 42.1 Å². The minimum absolute atomic E-state index is 0.0439. The fourth-order valence-corrected chi connectivity index (χ4v) is 4.99. The second-order valence-corrected chi connectivity index (χ2v) is 18.0. The number of allylic oxidation sites excluding steroid dienone is 2. The normalized spacial score (nSPS) is 11.9. The minimum atomic E-state index is -1.44. The van der Waals surface area contributed by atoms with E-state index >= 15 is 0 Å². The molecule has 0 fully saturated rings. The summed E-state index contributed by atoms with van der Waals surface area (Å²) in [6.45, 7) is 23.8. The fourth-order valence-electron chi connectivity index (χ4n) is 4.99. The van der Waals surface area contributed by atoms with Crippen molar-refractivity contribution in [2.24, 2.45) is 0 Å². The van der Waals surface area contributed by atoms with Crippen LogP contribution in [0, 0.1) is 0 Å². The Bertz CT molecular complexity index is 1410. The first kappa shape index (κ1) is 60.6. The Morgan fingerprint density at radius 1 is 0.470 bits per heavy atom. The molecule has 21 heteroatoms. The number of rotatable bonds is 32. The first-order chi connectivity index (χ1) is 30.9. The van der Waals surface area contributed by atoms with Gasteiger partial charge in [-0.15, -0.1) is 0 Å². The van der Waals surface area contributed by atoms with E-state index in [4.69, 9.17) is 33.2 Å². The van der Waals surface area contributed by atoms with Crippen molar-refractivity contribution in [1.29, 1.82) is 0 Å². The Hall–Kier alpha value is -5.41. The van der Waals surface area contributed by atoms with Crippen molar-refractivity contribution in [2.45, 2.75) is 123 Å². The van der Waals surface area contributed by atoms with Gasteiger partial charge in [-0.25, -0.2) is 19.2 Å². The summed E-state index contributed by atoms with van der Waals surface area (Å²) in [7, 11) is 0. The number of hydrogen-bond donors (Lipinski definition) is 7. The zero-order chi connectivity index (χ0) is 50.1. The smallest absolute Gasteiger partial charge is 0.408 e. The molecule has 0 unspecified atom stereocenters. The molecule has 0 aliphatic rings. The first-order valence-corrected chi connectivity index (χ1v) is 22.2. The van der Waals surface area contributed by atoms with Gasteiger partial charge in [0.05, 0.1) is 39.6 Å². The van der Waals surface area contributed by atoms with Crippen LogP contribution in [0.15, 0.2) is 37.0 Å². The molecular formula is C45H79N7O14. The quantitative estimate of drug-likeness (QED) is 0.0285. The molecule has 21 nitrogen and oxygen atoms in total. The average Bonchev–Trinajstić information content (AvgIpc) is 3.19. The lowest BCUT2D eigenvalue weighted by Gasteiger charge is -2.33. The molecule has 0 rings (SSSR count). The highest BCUT2D eigenvalue weighted by molar-refractivity contribution is 5.77. The Kier molecular flexibility index (Phi) is 30.4. The van der Waals surface area contributed by atoms with Crippen LogP contribution in [0.4, 0.5) is 19.2 Å². The van der Waals surface area contributed by atoms with Gasteiger partial charge in [-0.3, -0.25) is 14.4 Å². The van der Waals surface area contributed by atoms with Crippen molar-refractivity contribution in [1.82, 2.24) is 37.2 Å². The van der Waals surface area contributed by atoms with Gasteiger partial charge in [-0.1, -0.05) is 31.4 Å². The van der Waals surface area contributed by atoms with E-state index in [1.54, 1.807) is 68.4 Å². The molecule has 378 valence electrons. The molecule has 0 aromatic heterocycles. The fraction of sp³-hybridized carbons (Fsp3) is 0.711. The lowest BCUT2D eigenvalue weighted by molar-refractivity contribution is -0.122. The molecule has 0 saturated heterocycles. The third kappa shape index (κ3) is 36.9. The third-order valence-corrected chi connectivity index (χ3v) is 7.92. The number of amides is 7. The summed E-state index contributed by atoms with van der Waals surface area (Å²) < 4.78 is 38.8. The molecule has 0 bridgehead atoms. The average molecular weight is 942 g/mol. The van der Waals surface area contributed by atoms with Gasteiger partial charge in [-0.2, -0.15) is 0 Å². The summed E-state index contributed by atoms with van der Waals surface area (Å²) in [5.41, 5.74) is -2.77. The SMILES string of the molecule is C=CC=C(C=C)COC(=O)NC(COCCC(=O)NCCCNC(=O)OC(C)(C)C)(COCCC(=O)NCCCNC(=O)OC(C)(C)C)COCCC(=O)NCCCNC(=O)OC(C)(C)C. The van der Waals surface area contributed by atoms with Crippen LogP contribution >= 0.6 is 0 Å². The number of nitrogens with one attached hydrogen (secondary N) is 7. The Morgan fingerprint density at radius 2 is 0.788 bits per heavy atom. The zero-order valence-electron chi connectivity index (χ0n) is 40.8. The molecule has 0 aromatic carbocycles. The molecular weight excluding hydrogens is 863 g/mol. The van der Waals surface area contributed by atoms with Gasteiger partial charge < -0.3 is 70.4 Å². The summed E-state index contributed by atoms with van der Waals surface area (Å²) in [4.78, 5) is 86.7.